The van der Waals surface area contributed by atoms with Crippen molar-refractivity contribution < 1.29 is 27.5 Å². The molecule has 0 aromatic rings. The van der Waals surface area contributed by atoms with Crippen LogP contribution < -0.4 is 5.32 Å². The summed E-state index contributed by atoms with van der Waals surface area (Å²) in [6.07, 6.45) is -4.94. The van der Waals surface area contributed by atoms with Crippen LogP contribution in [0.3, 0.4) is 0 Å². The SMILES string of the molecule is CCOC(=O)C1CC(C(F)(F)F)CNC1=O. The van der Waals surface area contributed by atoms with Gasteiger partial charge in [0.1, 0.15) is 5.92 Å². The zero-order valence-corrected chi connectivity index (χ0v) is 8.63. The fraction of sp³-hybridized carbons (Fsp3) is 0.778. The number of rotatable bonds is 2. The van der Waals surface area contributed by atoms with Crippen molar-refractivity contribution >= 4 is 11.9 Å². The second kappa shape index (κ2) is 4.71. The first-order valence-electron chi connectivity index (χ1n) is 4.87. The number of esters is 1. The number of ether oxygens (including phenoxy) is 1. The van der Waals surface area contributed by atoms with Gasteiger partial charge in [-0.3, -0.25) is 9.59 Å². The van der Waals surface area contributed by atoms with E-state index in [1.807, 2.05) is 0 Å². The molecule has 0 spiro atoms. The van der Waals surface area contributed by atoms with Crippen molar-refractivity contribution in [2.45, 2.75) is 19.5 Å². The molecule has 1 aliphatic rings. The minimum Gasteiger partial charge on any atom is -0.465 e. The van der Waals surface area contributed by atoms with Gasteiger partial charge >= 0.3 is 12.1 Å². The lowest BCUT2D eigenvalue weighted by Crippen LogP contribution is -2.49. The second-order valence-corrected chi connectivity index (χ2v) is 3.52. The van der Waals surface area contributed by atoms with Crippen LogP contribution in [0.4, 0.5) is 13.2 Å². The normalized spacial score (nSPS) is 26.1. The molecule has 0 aliphatic carbocycles. The minimum absolute atomic E-state index is 0.0410. The molecule has 7 heteroatoms. The third-order valence-electron chi connectivity index (χ3n) is 2.39. The van der Waals surface area contributed by atoms with Gasteiger partial charge in [0.05, 0.1) is 12.5 Å². The van der Waals surface area contributed by atoms with Gasteiger partial charge in [-0.1, -0.05) is 0 Å². The fourth-order valence-corrected chi connectivity index (χ4v) is 1.52. The third kappa shape index (κ3) is 2.86. The Morgan fingerprint density at radius 1 is 1.56 bits per heavy atom. The van der Waals surface area contributed by atoms with Crippen molar-refractivity contribution in [1.29, 1.82) is 0 Å². The first kappa shape index (κ1) is 12.8. The molecule has 2 unspecified atom stereocenters. The van der Waals surface area contributed by atoms with Crippen molar-refractivity contribution in [3.8, 4) is 0 Å². The number of amides is 1. The zero-order valence-electron chi connectivity index (χ0n) is 8.63. The molecule has 1 N–H and O–H groups in total. The summed E-state index contributed by atoms with van der Waals surface area (Å²) in [5.74, 6) is -4.62. The van der Waals surface area contributed by atoms with Crippen LogP contribution in [0.25, 0.3) is 0 Å². The van der Waals surface area contributed by atoms with Gasteiger partial charge in [0.25, 0.3) is 0 Å². The molecule has 0 aromatic heterocycles. The van der Waals surface area contributed by atoms with Crippen LogP contribution in [0.2, 0.25) is 0 Å². The Kier molecular flexibility index (Phi) is 3.77. The average molecular weight is 239 g/mol. The first-order valence-corrected chi connectivity index (χ1v) is 4.87. The van der Waals surface area contributed by atoms with Gasteiger partial charge in [0.15, 0.2) is 0 Å². The van der Waals surface area contributed by atoms with Crippen molar-refractivity contribution in [3.63, 3.8) is 0 Å². The van der Waals surface area contributed by atoms with Gasteiger partial charge in [-0.05, 0) is 13.3 Å². The van der Waals surface area contributed by atoms with Gasteiger partial charge < -0.3 is 10.1 Å². The quantitative estimate of drug-likeness (QED) is 0.574. The maximum Gasteiger partial charge on any atom is 0.393 e. The maximum atomic E-state index is 12.4. The van der Waals surface area contributed by atoms with Crippen molar-refractivity contribution in [2.75, 3.05) is 13.2 Å². The number of halogens is 3. The number of carbonyl (C=O) groups excluding carboxylic acids is 2. The number of nitrogens with one attached hydrogen (secondary N) is 1. The summed E-state index contributed by atoms with van der Waals surface area (Å²) >= 11 is 0. The third-order valence-corrected chi connectivity index (χ3v) is 2.39. The Morgan fingerprint density at radius 3 is 2.69 bits per heavy atom. The van der Waals surface area contributed by atoms with E-state index in [1.54, 1.807) is 0 Å². The van der Waals surface area contributed by atoms with E-state index >= 15 is 0 Å². The average Bonchev–Trinajstić information content (AvgIpc) is 2.16. The monoisotopic (exact) mass is 239 g/mol. The summed E-state index contributed by atoms with van der Waals surface area (Å²) in [5, 5.41) is 2.07. The highest BCUT2D eigenvalue weighted by atomic mass is 19.4. The molecule has 2 atom stereocenters. The van der Waals surface area contributed by atoms with Gasteiger partial charge in [-0.15, -0.1) is 0 Å². The lowest BCUT2D eigenvalue weighted by Gasteiger charge is -2.29. The van der Waals surface area contributed by atoms with Crippen molar-refractivity contribution in [1.82, 2.24) is 5.32 Å². The topological polar surface area (TPSA) is 55.4 Å². The van der Waals surface area contributed by atoms with E-state index in [1.165, 1.54) is 6.92 Å². The van der Waals surface area contributed by atoms with Gasteiger partial charge in [-0.2, -0.15) is 13.2 Å². The molecule has 4 nitrogen and oxygen atoms in total. The lowest BCUT2D eigenvalue weighted by atomic mass is 9.89. The van der Waals surface area contributed by atoms with Crippen LogP contribution in [-0.2, 0) is 14.3 Å². The van der Waals surface area contributed by atoms with Crippen LogP contribution >= 0.6 is 0 Å². The Bertz CT molecular complexity index is 290. The molecule has 1 heterocycles. The lowest BCUT2D eigenvalue weighted by molar-refractivity contribution is -0.187. The smallest absolute Gasteiger partial charge is 0.393 e. The maximum absolute atomic E-state index is 12.4. The molecule has 0 bridgehead atoms. The summed E-state index contributed by atoms with van der Waals surface area (Å²) in [6, 6.07) is 0. The number of hydrogen-bond acceptors (Lipinski definition) is 3. The van der Waals surface area contributed by atoms with Crippen LogP contribution in [0.5, 0.6) is 0 Å². The zero-order chi connectivity index (χ0) is 12.3. The van der Waals surface area contributed by atoms with E-state index in [2.05, 4.69) is 10.1 Å². The van der Waals surface area contributed by atoms with Crippen LogP contribution in [0, 0.1) is 11.8 Å². The summed E-state index contributed by atoms with van der Waals surface area (Å²) in [6.45, 7) is 1.09. The predicted octanol–water partition coefficient (Wildman–Crippen LogP) is 0.864. The first-order chi connectivity index (χ1) is 7.36. The molecule has 1 aliphatic heterocycles. The Morgan fingerprint density at radius 2 is 2.19 bits per heavy atom. The van der Waals surface area contributed by atoms with E-state index in [4.69, 9.17) is 0 Å². The molecule has 0 aromatic carbocycles. The highest BCUT2D eigenvalue weighted by Gasteiger charge is 2.47. The minimum atomic E-state index is -4.40. The molecule has 0 radical (unpaired) electrons. The Hall–Kier alpha value is -1.27. The molecular weight excluding hydrogens is 227 g/mol. The number of carbonyl (C=O) groups is 2. The molecule has 1 fully saturated rings. The van der Waals surface area contributed by atoms with Crippen LogP contribution in [0.15, 0.2) is 0 Å². The van der Waals surface area contributed by atoms with Crippen LogP contribution in [0.1, 0.15) is 13.3 Å². The Labute approximate surface area is 90.1 Å². The summed E-state index contributed by atoms with van der Waals surface area (Å²) in [4.78, 5) is 22.4. The van der Waals surface area contributed by atoms with Gasteiger partial charge in [0.2, 0.25) is 5.91 Å². The van der Waals surface area contributed by atoms with E-state index in [-0.39, 0.29) is 6.61 Å². The highest BCUT2D eigenvalue weighted by Crippen LogP contribution is 2.33. The molecule has 0 saturated carbocycles. The summed E-state index contributed by atoms with van der Waals surface area (Å²) < 4.78 is 41.7. The molecule has 1 rings (SSSR count). The van der Waals surface area contributed by atoms with Crippen LogP contribution in [-0.4, -0.2) is 31.2 Å². The standard InChI is InChI=1S/C9H12F3NO3/c1-2-16-8(15)6-3-5(9(10,11)12)4-13-7(6)14/h5-6H,2-4H2,1H3,(H,13,14). The molecular formula is C9H12F3NO3. The van der Waals surface area contributed by atoms with E-state index < -0.39 is 42.9 Å². The largest absolute Gasteiger partial charge is 0.465 e. The number of hydrogen-bond donors (Lipinski definition) is 1. The van der Waals surface area contributed by atoms with Crippen molar-refractivity contribution in [2.24, 2.45) is 11.8 Å². The number of alkyl halides is 3. The Balaban J connectivity index is 2.69. The fourth-order valence-electron chi connectivity index (χ4n) is 1.52. The van der Waals surface area contributed by atoms with Gasteiger partial charge in [0, 0.05) is 6.54 Å². The van der Waals surface area contributed by atoms with E-state index in [9.17, 15) is 22.8 Å². The van der Waals surface area contributed by atoms with E-state index in [0.29, 0.717) is 0 Å². The molecule has 1 saturated heterocycles. The molecule has 92 valence electrons. The molecule has 16 heavy (non-hydrogen) atoms. The number of piperidine rings is 1. The summed E-state index contributed by atoms with van der Waals surface area (Å²) in [7, 11) is 0. The highest BCUT2D eigenvalue weighted by molar-refractivity contribution is 5.98. The predicted molar refractivity (Wildman–Crippen MR) is 47.3 cm³/mol. The van der Waals surface area contributed by atoms with Crippen molar-refractivity contribution in [3.05, 3.63) is 0 Å². The molecule has 1 amide bonds. The van der Waals surface area contributed by atoms with E-state index in [0.717, 1.165) is 0 Å². The summed E-state index contributed by atoms with van der Waals surface area (Å²) in [5.41, 5.74) is 0. The second-order valence-electron chi connectivity index (χ2n) is 3.52. The van der Waals surface area contributed by atoms with Gasteiger partial charge in [-0.25, -0.2) is 0 Å².